The molecule has 0 bridgehead atoms. The topological polar surface area (TPSA) is 39.2 Å². The number of aromatic nitrogens is 1. The molecule has 2 aromatic rings. The van der Waals surface area contributed by atoms with Gasteiger partial charge >= 0.3 is 0 Å². The Morgan fingerprint density at radius 3 is 2.74 bits per heavy atom. The second-order valence-corrected chi connectivity index (χ2v) is 5.33. The number of rotatable bonds is 4. The number of aryl methyl sites for hydroxylation is 2. The van der Waals surface area contributed by atoms with Crippen LogP contribution in [0.15, 0.2) is 35.1 Å². The van der Waals surface area contributed by atoms with Crippen LogP contribution < -0.4 is 4.74 Å². The maximum atomic E-state index is 11.1. The molecule has 0 radical (unpaired) electrons. The number of aldehydes is 1. The minimum Gasteiger partial charge on any atom is -0.488 e. The number of hydrogen-bond donors (Lipinski definition) is 0. The first-order chi connectivity index (χ1) is 9.10. The lowest BCUT2D eigenvalue weighted by atomic mass is 10.1. The number of nitrogens with zero attached hydrogens (tertiary/aromatic N) is 1. The van der Waals surface area contributed by atoms with Crippen LogP contribution in [0.1, 0.15) is 27.0 Å². The largest absolute Gasteiger partial charge is 0.488 e. The number of halogens is 1. The van der Waals surface area contributed by atoms with Gasteiger partial charge in [-0.05, 0) is 43.2 Å². The molecule has 0 amide bonds. The summed E-state index contributed by atoms with van der Waals surface area (Å²) in [4.78, 5) is 15.2. The Kier molecular flexibility index (Phi) is 4.32. The van der Waals surface area contributed by atoms with Gasteiger partial charge in [0.25, 0.3) is 0 Å². The quantitative estimate of drug-likeness (QED) is 0.803. The second-order valence-electron chi connectivity index (χ2n) is 4.42. The van der Waals surface area contributed by atoms with E-state index in [1.54, 1.807) is 18.5 Å². The molecular weight excluding hydrogens is 306 g/mol. The lowest BCUT2D eigenvalue weighted by Crippen LogP contribution is -2.01. The van der Waals surface area contributed by atoms with Crippen molar-refractivity contribution in [2.24, 2.45) is 0 Å². The van der Waals surface area contributed by atoms with E-state index in [2.05, 4.69) is 20.9 Å². The van der Waals surface area contributed by atoms with Crippen molar-refractivity contribution in [3.63, 3.8) is 0 Å². The first-order valence-corrected chi connectivity index (χ1v) is 6.68. The van der Waals surface area contributed by atoms with Crippen molar-refractivity contribution in [3.05, 3.63) is 57.3 Å². The molecule has 0 spiro atoms. The summed E-state index contributed by atoms with van der Waals surface area (Å²) >= 11 is 3.37. The Balaban J connectivity index is 2.22. The maximum Gasteiger partial charge on any atom is 0.153 e. The van der Waals surface area contributed by atoms with Crippen molar-refractivity contribution in [1.29, 1.82) is 0 Å². The van der Waals surface area contributed by atoms with Gasteiger partial charge in [-0.1, -0.05) is 15.9 Å². The van der Waals surface area contributed by atoms with E-state index in [4.69, 9.17) is 4.74 Å². The SMILES string of the molecule is Cc1cncc(COc2c(C)cc(Br)cc2C=O)c1. The van der Waals surface area contributed by atoms with E-state index in [9.17, 15) is 4.79 Å². The van der Waals surface area contributed by atoms with E-state index >= 15 is 0 Å². The molecule has 0 atom stereocenters. The van der Waals surface area contributed by atoms with Crippen LogP contribution in [-0.4, -0.2) is 11.3 Å². The number of ether oxygens (including phenoxy) is 1. The van der Waals surface area contributed by atoms with Gasteiger partial charge < -0.3 is 4.74 Å². The van der Waals surface area contributed by atoms with Crippen LogP contribution >= 0.6 is 15.9 Å². The average Bonchev–Trinajstić information content (AvgIpc) is 2.37. The molecule has 0 aliphatic carbocycles. The minimum atomic E-state index is 0.401. The first kappa shape index (κ1) is 13.7. The fourth-order valence-electron chi connectivity index (χ4n) is 1.89. The van der Waals surface area contributed by atoms with Crippen LogP contribution in [0.5, 0.6) is 5.75 Å². The first-order valence-electron chi connectivity index (χ1n) is 5.89. The van der Waals surface area contributed by atoms with E-state index in [1.165, 1.54) is 0 Å². The van der Waals surface area contributed by atoms with Crippen LogP contribution in [0.3, 0.4) is 0 Å². The minimum absolute atomic E-state index is 0.401. The summed E-state index contributed by atoms with van der Waals surface area (Å²) < 4.78 is 6.63. The van der Waals surface area contributed by atoms with Crippen LogP contribution in [0, 0.1) is 13.8 Å². The smallest absolute Gasteiger partial charge is 0.153 e. The molecule has 0 unspecified atom stereocenters. The third-order valence-corrected chi connectivity index (χ3v) is 3.17. The highest BCUT2D eigenvalue weighted by Gasteiger charge is 2.09. The van der Waals surface area contributed by atoms with Gasteiger partial charge in [-0.15, -0.1) is 0 Å². The summed E-state index contributed by atoms with van der Waals surface area (Å²) in [5.74, 6) is 0.625. The predicted molar refractivity (Wildman–Crippen MR) is 77.6 cm³/mol. The van der Waals surface area contributed by atoms with Crippen LogP contribution in [0.25, 0.3) is 0 Å². The summed E-state index contributed by atoms with van der Waals surface area (Å²) in [5.41, 5.74) is 3.55. The molecule has 19 heavy (non-hydrogen) atoms. The summed E-state index contributed by atoms with van der Waals surface area (Å²) in [5, 5.41) is 0. The van der Waals surface area contributed by atoms with Crippen LogP contribution in [0.4, 0.5) is 0 Å². The number of hydrogen-bond acceptors (Lipinski definition) is 3. The van der Waals surface area contributed by atoms with Gasteiger partial charge in [0.1, 0.15) is 12.4 Å². The molecule has 2 rings (SSSR count). The molecule has 3 nitrogen and oxygen atoms in total. The molecule has 0 aliphatic rings. The van der Waals surface area contributed by atoms with E-state index in [0.717, 1.165) is 27.4 Å². The molecule has 4 heteroatoms. The van der Waals surface area contributed by atoms with E-state index in [-0.39, 0.29) is 0 Å². The Morgan fingerprint density at radius 1 is 1.26 bits per heavy atom. The molecule has 0 saturated carbocycles. The van der Waals surface area contributed by atoms with E-state index in [0.29, 0.717) is 17.9 Å². The Morgan fingerprint density at radius 2 is 2.05 bits per heavy atom. The normalized spacial score (nSPS) is 10.3. The summed E-state index contributed by atoms with van der Waals surface area (Å²) in [6.07, 6.45) is 4.37. The monoisotopic (exact) mass is 319 g/mol. The zero-order valence-electron chi connectivity index (χ0n) is 10.8. The van der Waals surface area contributed by atoms with Gasteiger partial charge in [0.05, 0.1) is 5.56 Å². The predicted octanol–water partition coefficient (Wildman–Crippen LogP) is 3.85. The van der Waals surface area contributed by atoms with Gasteiger partial charge in [0, 0.05) is 22.4 Å². The number of pyridine rings is 1. The fraction of sp³-hybridized carbons (Fsp3) is 0.200. The van der Waals surface area contributed by atoms with Crippen molar-refractivity contribution in [1.82, 2.24) is 4.98 Å². The van der Waals surface area contributed by atoms with E-state index in [1.807, 2.05) is 26.0 Å². The standard InChI is InChI=1S/C15H14BrNO2/c1-10-3-12(7-17-6-10)9-19-15-11(2)4-14(16)5-13(15)8-18/h3-8H,9H2,1-2H3. The van der Waals surface area contributed by atoms with Crippen molar-refractivity contribution in [3.8, 4) is 5.75 Å². The summed E-state index contributed by atoms with van der Waals surface area (Å²) in [6.45, 7) is 4.30. The van der Waals surface area contributed by atoms with Crippen molar-refractivity contribution in [2.45, 2.75) is 20.5 Å². The van der Waals surface area contributed by atoms with Gasteiger partial charge in [-0.2, -0.15) is 0 Å². The molecule has 0 fully saturated rings. The number of benzene rings is 1. The average molecular weight is 320 g/mol. The third kappa shape index (κ3) is 3.41. The van der Waals surface area contributed by atoms with Crippen molar-refractivity contribution >= 4 is 22.2 Å². The number of carbonyl (C=O) groups excluding carboxylic acids is 1. The highest BCUT2D eigenvalue weighted by atomic mass is 79.9. The fourth-order valence-corrected chi connectivity index (χ4v) is 2.48. The lowest BCUT2D eigenvalue weighted by molar-refractivity contribution is 0.111. The zero-order valence-corrected chi connectivity index (χ0v) is 12.4. The van der Waals surface area contributed by atoms with Crippen LogP contribution in [0.2, 0.25) is 0 Å². The highest BCUT2D eigenvalue weighted by Crippen LogP contribution is 2.27. The van der Waals surface area contributed by atoms with Gasteiger partial charge in [-0.25, -0.2) is 0 Å². The molecule has 1 aromatic heterocycles. The lowest BCUT2D eigenvalue weighted by Gasteiger charge is -2.12. The molecule has 0 N–H and O–H groups in total. The maximum absolute atomic E-state index is 11.1. The highest BCUT2D eigenvalue weighted by molar-refractivity contribution is 9.10. The molecule has 1 heterocycles. The Bertz CT molecular complexity index is 611. The third-order valence-electron chi connectivity index (χ3n) is 2.71. The Hall–Kier alpha value is -1.68. The zero-order chi connectivity index (χ0) is 13.8. The van der Waals surface area contributed by atoms with Gasteiger partial charge in [-0.3, -0.25) is 9.78 Å². The number of carbonyl (C=O) groups is 1. The Labute approximate surface area is 120 Å². The van der Waals surface area contributed by atoms with Gasteiger partial charge in [0.15, 0.2) is 6.29 Å². The molecular formula is C15H14BrNO2. The van der Waals surface area contributed by atoms with Crippen LogP contribution in [-0.2, 0) is 6.61 Å². The van der Waals surface area contributed by atoms with Gasteiger partial charge in [0.2, 0.25) is 0 Å². The molecule has 1 aromatic carbocycles. The summed E-state index contributed by atoms with van der Waals surface area (Å²) in [7, 11) is 0. The molecule has 0 saturated heterocycles. The molecule has 0 aliphatic heterocycles. The second kappa shape index (κ2) is 5.97. The van der Waals surface area contributed by atoms with Crippen molar-refractivity contribution < 1.29 is 9.53 Å². The molecule has 98 valence electrons. The van der Waals surface area contributed by atoms with Crippen molar-refractivity contribution in [2.75, 3.05) is 0 Å². The van der Waals surface area contributed by atoms with E-state index < -0.39 is 0 Å². The summed E-state index contributed by atoms with van der Waals surface area (Å²) in [6, 6.07) is 5.70.